The minimum atomic E-state index is -0.0516. The summed E-state index contributed by atoms with van der Waals surface area (Å²) in [6, 6.07) is 0. The van der Waals surface area contributed by atoms with Gasteiger partial charge in [-0.25, -0.2) is 4.68 Å². The van der Waals surface area contributed by atoms with E-state index in [1.807, 2.05) is 0 Å². The summed E-state index contributed by atoms with van der Waals surface area (Å²) in [7, 11) is 0. The van der Waals surface area contributed by atoms with Gasteiger partial charge in [-0.2, -0.15) is 5.10 Å². The Hall–Kier alpha value is -0.880. The Balaban J connectivity index is 1.67. The maximum atomic E-state index is 12.1. The van der Waals surface area contributed by atoms with Gasteiger partial charge < -0.3 is 10.1 Å². The normalized spacial score (nSPS) is 22.7. The molecule has 6 heteroatoms. The van der Waals surface area contributed by atoms with Gasteiger partial charge in [0.1, 0.15) is 4.47 Å². The van der Waals surface area contributed by atoms with Crippen molar-refractivity contribution in [3.8, 4) is 0 Å². The van der Waals surface area contributed by atoms with Crippen LogP contribution in [0.25, 0.3) is 0 Å². The first-order chi connectivity index (χ1) is 9.24. The van der Waals surface area contributed by atoms with Crippen LogP contribution in [0, 0.1) is 5.92 Å². The van der Waals surface area contributed by atoms with Crippen molar-refractivity contribution >= 4 is 21.6 Å². The van der Waals surface area contributed by atoms with Gasteiger partial charge in [0, 0.05) is 19.7 Å². The van der Waals surface area contributed by atoms with Gasteiger partial charge in [-0.05, 0) is 47.5 Å². The molecule has 1 aliphatic carbocycles. The zero-order valence-corrected chi connectivity index (χ0v) is 12.4. The Morgan fingerprint density at radius 2 is 2.32 bits per heavy atom. The molecule has 1 aromatic heterocycles. The van der Waals surface area contributed by atoms with E-state index in [4.69, 9.17) is 4.74 Å². The molecule has 2 fully saturated rings. The molecular weight excluding hydrogens is 310 g/mol. The van der Waals surface area contributed by atoms with Crippen molar-refractivity contribution in [2.45, 2.75) is 38.3 Å². The topological polar surface area (TPSA) is 56.1 Å². The van der Waals surface area contributed by atoms with Crippen LogP contribution in [0.1, 0.15) is 25.7 Å². The molecule has 0 radical (unpaired) electrons. The standard InChI is InChI=1S/C13H18BrN3O2/c14-12-11(15-6-10-2-1-5-19-10)7-16-17(13(12)18)8-9-3-4-9/h7,9-10,15H,1-6,8H2. The molecule has 3 rings (SSSR count). The summed E-state index contributed by atoms with van der Waals surface area (Å²) in [5.41, 5.74) is 0.705. The van der Waals surface area contributed by atoms with Crippen LogP contribution in [0.4, 0.5) is 5.69 Å². The highest BCUT2D eigenvalue weighted by molar-refractivity contribution is 9.10. The van der Waals surface area contributed by atoms with E-state index in [9.17, 15) is 4.79 Å². The third kappa shape index (κ3) is 3.17. The van der Waals surface area contributed by atoms with E-state index in [0.29, 0.717) is 10.4 Å². The second-order valence-corrected chi connectivity index (χ2v) is 6.11. The zero-order valence-electron chi connectivity index (χ0n) is 10.8. The summed E-state index contributed by atoms with van der Waals surface area (Å²) >= 11 is 3.37. The fraction of sp³-hybridized carbons (Fsp3) is 0.692. The van der Waals surface area contributed by atoms with E-state index in [1.165, 1.54) is 12.8 Å². The molecule has 1 unspecified atom stereocenters. The predicted octanol–water partition coefficient (Wildman–Crippen LogP) is 2.01. The second kappa shape index (κ2) is 5.63. The van der Waals surface area contributed by atoms with Crippen LogP contribution in [0.3, 0.4) is 0 Å². The van der Waals surface area contributed by atoms with E-state index in [-0.39, 0.29) is 11.7 Å². The maximum Gasteiger partial charge on any atom is 0.283 e. The van der Waals surface area contributed by atoms with Crippen molar-refractivity contribution in [2.75, 3.05) is 18.5 Å². The lowest BCUT2D eigenvalue weighted by atomic mass is 10.2. The number of anilines is 1. The van der Waals surface area contributed by atoms with Crippen molar-refractivity contribution in [1.82, 2.24) is 9.78 Å². The summed E-state index contributed by atoms with van der Waals surface area (Å²) in [5.74, 6) is 0.641. The molecule has 0 amide bonds. The molecule has 1 atom stereocenters. The Morgan fingerprint density at radius 1 is 1.47 bits per heavy atom. The number of hydrogen-bond acceptors (Lipinski definition) is 4. The Morgan fingerprint density at radius 3 is 3.00 bits per heavy atom. The van der Waals surface area contributed by atoms with Crippen molar-refractivity contribution in [3.05, 3.63) is 21.0 Å². The van der Waals surface area contributed by atoms with Crippen molar-refractivity contribution in [1.29, 1.82) is 0 Å². The molecule has 1 saturated carbocycles. The number of halogens is 1. The van der Waals surface area contributed by atoms with Crippen molar-refractivity contribution < 1.29 is 4.74 Å². The molecule has 0 spiro atoms. The van der Waals surface area contributed by atoms with Gasteiger partial charge in [0.2, 0.25) is 0 Å². The number of ether oxygens (including phenoxy) is 1. The molecule has 1 N–H and O–H groups in total. The number of nitrogens with one attached hydrogen (secondary N) is 1. The molecular formula is C13H18BrN3O2. The third-order valence-corrected chi connectivity index (χ3v) is 4.42. The van der Waals surface area contributed by atoms with Crippen LogP contribution in [0.2, 0.25) is 0 Å². The third-order valence-electron chi connectivity index (χ3n) is 3.66. The van der Waals surface area contributed by atoms with E-state index in [0.717, 1.165) is 38.2 Å². The first-order valence-electron chi connectivity index (χ1n) is 6.85. The minimum Gasteiger partial charge on any atom is -0.380 e. The molecule has 2 heterocycles. The number of rotatable bonds is 5. The number of nitrogens with zero attached hydrogens (tertiary/aromatic N) is 2. The maximum absolute atomic E-state index is 12.1. The summed E-state index contributed by atoms with van der Waals surface area (Å²) in [4.78, 5) is 12.1. The van der Waals surface area contributed by atoms with Crippen LogP contribution in [-0.2, 0) is 11.3 Å². The van der Waals surface area contributed by atoms with E-state index < -0.39 is 0 Å². The fourth-order valence-corrected chi connectivity index (χ4v) is 2.74. The molecule has 2 aliphatic rings. The highest BCUT2D eigenvalue weighted by Gasteiger charge is 2.23. The highest BCUT2D eigenvalue weighted by Crippen LogP contribution is 2.30. The summed E-state index contributed by atoms with van der Waals surface area (Å²) in [6.07, 6.45) is 6.60. The summed E-state index contributed by atoms with van der Waals surface area (Å²) < 4.78 is 7.67. The Labute approximate surface area is 120 Å². The van der Waals surface area contributed by atoms with Crippen LogP contribution >= 0.6 is 15.9 Å². The van der Waals surface area contributed by atoms with Gasteiger partial charge in [0.15, 0.2) is 0 Å². The van der Waals surface area contributed by atoms with Gasteiger partial charge in [0.05, 0.1) is 18.0 Å². The van der Waals surface area contributed by atoms with Crippen LogP contribution in [0.5, 0.6) is 0 Å². The summed E-state index contributed by atoms with van der Waals surface area (Å²) in [5, 5.41) is 7.48. The van der Waals surface area contributed by atoms with E-state index >= 15 is 0 Å². The predicted molar refractivity (Wildman–Crippen MR) is 76.4 cm³/mol. The average molecular weight is 328 g/mol. The van der Waals surface area contributed by atoms with E-state index in [2.05, 4.69) is 26.3 Å². The molecule has 5 nitrogen and oxygen atoms in total. The van der Waals surface area contributed by atoms with Gasteiger partial charge in [-0.3, -0.25) is 4.79 Å². The van der Waals surface area contributed by atoms with E-state index in [1.54, 1.807) is 10.9 Å². The highest BCUT2D eigenvalue weighted by atomic mass is 79.9. The Kier molecular flexibility index (Phi) is 3.88. The largest absolute Gasteiger partial charge is 0.380 e. The van der Waals surface area contributed by atoms with Crippen molar-refractivity contribution in [2.24, 2.45) is 5.92 Å². The fourth-order valence-electron chi connectivity index (χ4n) is 2.29. The number of aromatic nitrogens is 2. The lowest BCUT2D eigenvalue weighted by molar-refractivity contribution is 0.120. The summed E-state index contributed by atoms with van der Waals surface area (Å²) in [6.45, 7) is 2.31. The smallest absolute Gasteiger partial charge is 0.283 e. The van der Waals surface area contributed by atoms with Gasteiger partial charge in [-0.15, -0.1) is 0 Å². The Bertz CT molecular complexity index is 507. The molecule has 0 aromatic carbocycles. The monoisotopic (exact) mass is 327 g/mol. The lowest BCUT2D eigenvalue weighted by Gasteiger charge is -2.13. The van der Waals surface area contributed by atoms with Gasteiger partial charge >= 0.3 is 0 Å². The SMILES string of the molecule is O=c1c(Br)c(NCC2CCCO2)cnn1CC1CC1. The molecule has 19 heavy (non-hydrogen) atoms. The van der Waals surface area contributed by atoms with Gasteiger partial charge in [-0.1, -0.05) is 0 Å². The number of hydrogen-bond donors (Lipinski definition) is 1. The molecule has 1 saturated heterocycles. The molecule has 0 bridgehead atoms. The second-order valence-electron chi connectivity index (χ2n) is 5.32. The minimum absolute atomic E-state index is 0.0516. The first kappa shape index (κ1) is 13.1. The van der Waals surface area contributed by atoms with Crippen LogP contribution in [0.15, 0.2) is 15.5 Å². The van der Waals surface area contributed by atoms with Crippen molar-refractivity contribution in [3.63, 3.8) is 0 Å². The quantitative estimate of drug-likeness (QED) is 0.898. The molecule has 1 aromatic rings. The van der Waals surface area contributed by atoms with Crippen LogP contribution < -0.4 is 10.9 Å². The van der Waals surface area contributed by atoms with Gasteiger partial charge in [0.25, 0.3) is 5.56 Å². The lowest BCUT2D eigenvalue weighted by Crippen LogP contribution is -2.26. The molecule has 1 aliphatic heterocycles. The molecule has 104 valence electrons. The first-order valence-corrected chi connectivity index (χ1v) is 7.64. The zero-order chi connectivity index (χ0) is 13.2. The average Bonchev–Trinajstić information content (AvgIpc) is 3.07. The van der Waals surface area contributed by atoms with Crippen LogP contribution in [-0.4, -0.2) is 29.0 Å².